The molecule has 3 aromatic rings. The highest BCUT2D eigenvalue weighted by atomic mass is 14.5. The van der Waals surface area contributed by atoms with Crippen LogP contribution in [0.1, 0.15) is 150 Å². The summed E-state index contributed by atoms with van der Waals surface area (Å²) in [6.07, 6.45) is 24.2. The summed E-state index contributed by atoms with van der Waals surface area (Å²) in [6.45, 7) is 9.27. The van der Waals surface area contributed by atoms with Crippen LogP contribution < -0.4 is 0 Å². The van der Waals surface area contributed by atoms with Crippen LogP contribution in [0.3, 0.4) is 0 Å². The van der Waals surface area contributed by atoms with Gasteiger partial charge in [-0.25, -0.2) is 0 Å². The highest BCUT2D eigenvalue weighted by molar-refractivity contribution is 5.85. The van der Waals surface area contributed by atoms with Crippen molar-refractivity contribution in [2.24, 2.45) is 0 Å². The van der Waals surface area contributed by atoms with Gasteiger partial charge in [0.15, 0.2) is 0 Å². The average Bonchev–Trinajstić information content (AvgIpc) is 3.25. The van der Waals surface area contributed by atoms with Crippen molar-refractivity contribution in [2.75, 3.05) is 0 Å². The van der Waals surface area contributed by atoms with Crippen LogP contribution in [0.25, 0.3) is 22.3 Å². The van der Waals surface area contributed by atoms with Gasteiger partial charge in [0, 0.05) is 5.41 Å². The van der Waals surface area contributed by atoms with Gasteiger partial charge in [-0.15, -0.1) is 0 Å². The lowest BCUT2D eigenvalue weighted by Crippen LogP contribution is -2.25. The third-order valence-electron chi connectivity index (χ3n) is 10.5. The molecule has 0 bridgehead atoms. The Balaban J connectivity index is 1.54. The molecule has 0 unspecified atom stereocenters. The van der Waals surface area contributed by atoms with E-state index >= 15 is 0 Å². The zero-order chi connectivity index (χ0) is 28.7. The first-order valence-corrected chi connectivity index (χ1v) is 17.5. The minimum Gasteiger partial charge on any atom is -0.0654 e. The van der Waals surface area contributed by atoms with Crippen molar-refractivity contribution in [1.29, 1.82) is 0 Å². The number of fused-ring (bicyclic) bond motifs is 4. The first-order chi connectivity index (χ1) is 20.1. The number of rotatable bonds is 15. The predicted octanol–water partition coefficient (Wildman–Crippen LogP) is 12.6. The lowest BCUT2D eigenvalue weighted by atomic mass is 9.70. The number of aryl methyl sites for hydroxylation is 2. The molecule has 3 aromatic carbocycles. The molecular formula is C41H56. The molecule has 0 aliphatic heterocycles. The Morgan fingerprint density at radius 1 is 0.537 bits per heavy atom. The molecule has 0 heterocycles. The second-order valence-electron chi connectivity index (χ2n) is 13.5. The van der Waals surface area contributed by atoms with Crippen molar-refractivity contribution in [3.8, 4) is 22.3 Å². The topological polar surface area (TPSA) is 0 Å². The van der Waals surface area contributed by atoms with Crippen LogP contribution in [0.4, 0.5) is 0 Å². The highest BCUT2D eigenvalue weighted by Gasteiger charge is 2.42. The molecule has 0 aromatic heterocycles. The maximum absolute atomic E-state index is 2.67. The fourth-order valence-corrected chi connectivity index (χ4v) is 8.17. The van der Waals surface area contributed by atoms with E-state index in [9.17, 15) is 0 Å². The molecule has 41 heavy (non-hydrogen) atoms. The second-order valence-corrected chi connectivity index (χ2v) is 13.5. The number of unbranched alkanes of at least 4 members (excludes halogenated alkanes) is 10. The van der Waals surface area contributed by atoms with Gasteiger partial charge < -0.3 is 0 Å². The quantitative estimate of drug-likeness (QED) is 0.166. The molecule has 5 rings (SSSR count). The van der Waals surface area contributed by atoms with Gasteiger partial charge in [-0.3, -0.25) is 0 Å². The van der Waals surface area contributed by atoms with E-state index in [2.05, 4.69) is 76.2 Å². The van der Waals surface area contributed by atoms with Crippen molar-refractivity contribution in [3.63, 3.8) is 0 Å². The van der Waals surface area contributed by atoms with Crippen LogP contribution in [0, 0.1) is 13.8 Å². The third kappa shape index (κ3) is 6.53. The van der Waals surface area contributed by atoms with E-state index in [-0.39, 0.29) is 5.41 Å². The summed E-state index contributed by atoms with van der Waals surface area (Å²) in [6, 6.07) is 19.8. The lowest BCUT2D eigenvalue weighted by Gasteiger charge is -2.33. The summed E-state index contributed by atoms with van der Waals surface area (Å²) in [4.78, 5) is 0. The molecule has 0 amide bonds. The van der Waals surface area contributed by atoms with Crippen LogP contribution in [0.2, 0.25) is 0 Å². The van der Waals surface area contributed by atoms with Gasteiger partial charge in [-0.05, 0) is 109 Å². The van der Waals surface area contributed by atoms with E-state index in [0.717, 1.165) is 0 Å². The smallest absolute Gasteiger partial charge is 0.0215 e. The summed E-state index contributed by atoms with van der Waals surface area (Å²) in [7, 11) is 0. The van der Waals surface area contributed by atoms with Gasteiger partial charge in [0.05, 0.1) is 0 Å². The molecule has 0 saturated carbocycles. The van der Waals surface area contributed by atoms with Crippen molar-refractivity contribution >= 4 is 0 Å². The predicted molar refractivity (Wildman–Crippen MR) is 180 cm³/mol. The maximum Gasteiger partial charge on any atom is 0.0215 e. The standard InChI is InChI=1S/C41H56/c1-5-7-9-11-13-17-27-41(28-18-14-12-10-8-6-2)39-29-31(3)21-24-37(39)38-26-23-33(30-40(38)41)35-25-22-32(4)34-19-15-16-20-36(34)35/h21-26,29-30H,5-20,27-28H2,1-4H3. The largest absolute Gasteiger partial charge is 0.0654 e. The molecule has 2 aliphatic carbocycles. The Labute approximate surface area is 252 Å². The van der Waals surface area contributed by atoms with E-state index in [1.807, 2.05) is 0 Å². The van der Waals surface area contributed by atoms with Gasteiger partial charge in [0.2, 0.25) is 0 Å². The first kappa shape index (κ1) is 30.1. The summed E-state index contributed by atoms with van der Waals surface area (Å²) in [5.41, 5.74) is 15.6. The summed E-state index contributed by atoms with van der Waals surface area (Å²) >= 11 is 0. The molecule has 0 fully saturated rings. The van der Waals surface area contributed by atoms with Crippen LogP contribution in [-0.2, 0) is 18.3 Å². The summed E-state index contributed by atoms with van der Waals surface area (Å²) in [5.74, 6) is 0. The molecule has 0 N–H and O–H groups in total. The Bertz CT molecular complexity index is 1280. The van der Waals surface area contributed by atoms with E-state index in [4.69, 9.17) is 0 Å². The molecule has 0 saturated heterocycles. The second kappa shape index (κ2) is 14.2. The fourth-order valence-electron chi connectivity index (χ4n) is 8.17. The van der Waals surface area contributed by atoms with Gasteiger partial charge in [0.1, 0.15) is 0 Å². The van der Waals surface area contributed by atoms with Crippen LogP contribution in [0.15, 0.2) is 48.5 Å². The van der Waals surface area contributed by atoms with Crippen molar-refractivity contribution in [3.05, 3.63) is 81.9 Å². The van der Waals surface area contributed by atoms with E-state index in [0.29, 0.717) is 0 Å². The minimum atomic E-state index is 0.160. The molecule has 0 nitrogen and oxygen atoms in total. The highest BCUT2D eigenvalue weighted by Crippen LogP contribution is 2.55. The summed E-state index contributed by atoms with van der Waals surface area (Å²) < 4.78 is 0. The lowest BCUT2D eigenvalue weighted by molar-refractivity contribution is 0.398. The Hall–Kier alpha value is -2.34. The molecule has 220 valence electrons. The molecular weight excluding hydrogens is 492 g/mol. The molecule has 0 radical (unpaired) electrons. The van der Waals surface area contributed by atoms with Crippen molar-refractivity contribution in [2.45, 2.75) is 149 Å². The maximum atomic E-state index is 2.67. The zero-order valence-electron chi connectivity index (χ0n) is 26.8. The van der Waals surface area contributed by atoms with Crippen LogP contribution >= 0.6 is 0 Å². The van der Waals surface area contributed by atoms with Crippen molar-refractivity contribution < 1.29 is 0 Å². The van der Waals surface area contributed by atoms with Gasteiger partial charge in [0.25, 0.3) is 0 Å². The number of hydrogen-bond acceptors (Lipinski definition) is 0. The van der Waals surface area contributed by atoms with Gasteiger partial charge in [-0.1, -0.05) is 139 Å². The van der Waals surface area contributed by atoms with Gasteiger partial charge >= 0.3 is 0 Å². The summed E-state index contributed by atoms with van der Waals surface area (Å²) in [5, 5.41) is 0. The molecule has 0 spiro atoms. The Kier molecular flexibility index (Phi) is 10.4. The zero-order valence-corrected chi connectivity index (χ0v) is 26.8. The number of hydrogen-bond donors (Lipinski definition) is 0. The van der Waals surface area contributed by atoms with E-state index in [1.165, 1.54) is 149 Å². The monoisotopic (exact) mass is 548 g/mol. The average molecular weight is 549 g/mol. The van der Waals surface area contributed by atoms with Crippen LogP contribution in [-0.4, -0.2) is 0 Å². The SMILES string of the molecule is CCCCCCCCC1(CCCCCCCC)c2cc(C)ccc2-c2ccc(-c3ccc(C)c4c3CCCC4)cc21. The Morgan fingerprint density at radius 2 is 1.07 bits per heavy atom. The third-order valence-corrected chi connectivity index (χ3v) is 10.5. The van der Waals surface area contributed by atoms with Gasteiger partial charge in [-0.2, -0.15) is 0 Å². The molecule has 0 heteroatoms. The van der Waals surface area contributed by atoms with Crippen LogP contribution in [0.5, 0.6) is 0 Å². The molecule has 0 atom stereocenters. The Morgan fingerprint density at radius 3 is 1.73 bits per heavy atom. The molecule has 2 aliphatic rings. The normalized spacial score (nSPS) is 15.0. The van der Waals surface area contributed by atoms with E-state index in [1.54, 1.807) is 22.3 Å². The number of benzene rings is 3. The van der Waals surface area contributed by atoms with E-state index < -0.39 is 0 Å². The fraction of sp³-hybridized carbons (Fsp3) is 0.561. The minimum absolute atomic E-state index is 0.160. The van der Waals surface area contributed by atoms with Crippen molar-refractivity contribution in [1.82, 2.24) is 0 Å². The first-order valence-electron chi connectivity index (χ1n) is 17.5.